The molecular formula is C21H20BrClN2O4. The number of amides is 1. The molecule has 0 saturated heterocycles. The van der Waals surface area contributed by atoms with E-state index in [-0.39, 0.29) is 11.7 Å². The summed E-state index contributed by atoms with van der Waals surface area (Å²) in [7, 11) is 2.91. The molecule has 0 spiro atoms. The minimum absolute atomic E-state index is 0.0616. The van der Waals surface area contributed by atoms with E-state index in [0.717, 1.165) is 4.47 Å². The van der Waals surface area contributed by atoms with Gasteiger partial charge in [-0.25, -0.2) is 0 Å². The lowest BCUT2D eigenvalue weighted by Gasteiger charge is -2.14. The van der Waals surface area contributed by atoms with E-state index in [0.29, 0.717) is 33.5 Å². The number of nitrogens with zero attached hydrogens (tertiary/aromatic N) is 1. The van der Waals surface area contributed by atoms with Gasteiger partial charge in [-0.2, -0.15) is 5.26 Å². The molecule has 29 heavy (non-hydrogen) atoms. The molecule has 1 N–H and O–H groups in total. The minimum atomic E-state index is -0.606. The summed E-state index contributed by atoms with van der Waals surface area (Å²) in [5.74, 6) is 0.665. The third-order valence-corrected chi connectivity index (χ3v) is 4.51. The van der Waals surface area contributed by atoms with Crippen LogP contribution in [0.3, 0.4) is 0 Å². The molecular weight excluding hydrogens is 460 g/mol. The molecule has 0 heterocycles. The van der Waals surface area contributed by atoms with E-state index in [2.05, 4.69) is 21.2 Å². The Morgan fingerprint density at radius 1 is 1.17 bits per heavy atom. The van der Waals surface area contributed by atoms with Crippen LogP contribution in [0.15, 0.2) is 40.4 Å². The lowest BCUT2D eigenvalue weighted by atomic mass is 10.1. The average molecular weight is 480 g/mol. The van der Waals surface area contributed by atoms with Crippen molar-refractivity contribution in [1.29, 1.82) is 5.26 Å². The van der Waals surface area contributed by atoms with Crippen molar-refractivity contribution in [3.63, 3.8) is 0 Å². The summed E-state index contributed by atoms with van der Waals surface area (Å²) >= 11 is 9.48. The molecule has 0 atom stereocenters. The number of methoxy groups -OCH3 is 2. The monoisotopic (exact) mass is 478 g/mol. The number of hydrogen-bond donors (Lipinski definition) is 1. The van der Waals surface area contributed by atoms with Crippen molar-refractivity contribution in [2.24, 2.45) is 0 Å². The molecule has 0 aromatic heterocycles. The fourth-order valence-corrected chi connectivity index (χ4v) is 3.05. The first-order valence-corrected chi connectivity index (χ1v) is 9.77. The number of ether oxygens (including phenoxy) is 3. The predicted octanol–water partition coefficient (Wildman–Crippen LogP) is 5.45. The second-order valence-electron chi connectivity index (χ2n) is 6.16. The smallest absolute Gasteiger partial charge is 0.266 e. The van der Waals surface area contributed by atoms with E-state index < -0.39 is 5.91 Å². The number of carbonyl (C=O) groups is 1. The molecule has 2 aromatic rings. The molecule has 0 aliphatic rings. The van der Waals surface area contributed by atoms with Crippen molar-refractivity contribution in [2.45, 2.75) is 20.0 Å². The molecule has 0 aliphatic heterocycles. The molecule has 152 valence electrons. The van der Waals surface area contributed by atoms with E-state index >= 15 is 0 Å². The van der Waals surface area contributed by atoms with Crippen LogP contribution < -0.4 is 19.5 Å². The summed E-state index contributed by atoms with van der Waals surface area (Å²) in [4.78, 5) is 12.7. The first-order chi connectivity index (χ1) is 13.8. The van der Waals surface area contributed by atoms with E-state index in [4.69, 9.17) is 25.8 Å². The number of nitriles is 1. The maximum Gasteiger partial charge on any atom is 0.266 e. The van der Waals surface area contributed by atoms with Gasteiger partial charge in [-0.15, -0.1) is 0 Å². The number of rotatable bonds is 7. The van der Waals surface area contributed by atoms with E-state index in [9.17, 15) is 10.1 Å². The summed E-state index contributed by atoms with van der Waals surface area (Å²) in [6.45, 7) is 3.79. The van der Waals surface area contributed by atoms with Crippen LogP contribution in [0.1, 0.15) is 19.4 Å². The third-order valence-electron chi connectivity index (χ3n) is 3.72. The van der Waals surface area contributed by atoms with Gasteiger partial charge in [-0.05, 0) is 38.1 Å². The van der Waals surface area contributed by atoms with E-state index in [1.165, 1.54) is 32.4 Å². The predicted molar refractivity (Wildman–Crippen MR) is 117 cm³/mol. The van der Waals surface area contributed by atoms with Crippen LogP contribution in [0, 0.1) is 11.3 Å². The Labute approximate surface area is 183 Å². The molecule has 2 aromatic carbocycles. The molecule has 1 amide bonds. The standard InChI is InChI=1S/C21H20BrClN2O4/c1-12(2)29-18-6-5-15(22)8-13(18)7-14(11-24)21(26)25-17-10-19(27-3)16(23)9-20(17)28-4/h5-10,12H,1-4H3,(H,25,26)/b14-7+. The SMILES string of the molecule is COc1cc(NC(=O)/C(C#N)=C/c2cc(Br)ccc2OC(C)C)c(OC)cc1Cl. The van der Waals surface area contributed by atoms with Crippen LogP contribution in [-0.2, 0) is 4.79 Å². The van der Waals surface area contributed by atoms with Crippen LogP contribution in [0.2, 0.25) is 5.02 Å². The number of halogens is 2. The van der Waals surface area contributed by atoms with Gasteiger partial charge in [-0.1, -0.05) is 27.5 Å². The third kappa shape index (κ3) is 5.89. The number of anilines is 1. The fourth-order valence-electron chi connectivity index (χ4n) is 2.45. The van der Waals surface area contributed by atoms with E-state index in [1.807, 2.05) is 26.0 Å². The summed E-state index contributed by atoms with van der Waals surface area (Å²) in [5, 5.41) is 12.5. The second-order valence-corrected chi connectivity index (χ2v) is 7.48. The van der Waals surface area contributed by atoms with Crippen molar-refractivity contribution in [3.8, 4) is 23.3 Å². The van der Waals surface area contributed by atoms with Gasteiger partial charge < -0.3 is 19.5 Å². The normalized spacial score (nSPS) is 11.0. The Kier molecular flexibility index (Phi) is 7.94. The molecule has 0 radical (unpaired) electrons. The second kappa shape index (κ2) is 10.2. The van der Waals surface area contributed by atoms with Gasteiger partial charge >= 0.3 is 0 Å². The van der Waals surface area contributed by atoms with E-state index in [1.54, 1.807) is 12.1 Å². The molecule has 6 nitrogen and oxygen atoms in total. The van der Waals surface area contributed by atoms with Crippen molar-refractivity contribution in [1.82, 2.24) is 0 Å². The summed E-state index contributed by atoms with van der Waals surface area (Å²) in [6.07, 6.45) is 1.41. The molecule has 0 saturated carbocycles. The van der Waals surface area contributed by atoms with Crippen LogP contribution in [0.4, 0.5) is 5.69 Å². The van der Waals surface area contributed by atoms with Gasteiger partial charge in [0.05, 0.1) is 31.0 Å². The van der Waals surface area contributed by atoms with Gasteiger partial charge in [0.2, 0.25) is 0 Å². The van der Waals surface area contributed by atoms with Crippen molar-refractivity contribution in [2.75, 3.05) is 19.5 Å². The highest BCUT2D eigenvalue weighted by molar-refractivity contribution is 9.10. The Bertz CT molecular complexity index is 983. The molecule has 2 rings (SSSR count). The Morgan fingerprint density at radius 2 is 1.86 bits per heavy atom. The Balaban J connectivity index is 2.40. The summed E-state index contributed by atoms with van der Waals surface area (Å²) < 4.78 is 17.0. The minimum Gasteiger partial charge on any atom is -0.495 e. The molecule has 0 fully saturated rings. The van der Waals surface area contributed by atoms with Crippen LogP contribution in [0.5, 0.6) is 17.2 Å². The number of hydrogen-bond acceptors (Lipinski definition) is 5. The highest BCUT2D eigenvalue weighted by Gasteiger charge is 2.16. The topological polar surface area (TPSA) is 80.6 Å². The van der Waals surface area contributed by atoms with Crippen molar-refractivity contribution in [3.05, 3.63) is 51.0 Å². The fraction of sp³-hybridized carbons (Fsp3) is 0.238. The summed E-state index contributed by atoms with van der Waals surface area (Å²) in [6, 6.07) is 10.4. The summed E-state index contributed by atoms with van der Waals surface area (Å²) in [5.41, 5.74) is 0.820. The van der Waals surface area contributed by atoms with Crippen LogP contribution in [-0.4, -0.2) is 26.2 Å². The van der Waals surface area contributed by atoms with Gasteiger partial charge in [0, 0.05) is 22.2 Å². The number of carbonyl (C=O) groups excluding carboxylic acids is 1. The highest BCUT2D eigenvalue weighted by Crippen LogP contribution is 2.36. The largest absolute Gasteiger partial charge is 0.495 e. The number of benzene rings is 2. The Hall–Kier alpha value is -2.69. The average Bonchev–Trinajstić information content (AvgIpc) is 2.68. The zero-order valence-corrected chi connectivity index (χ0v) is 18.7. The first-order valence-electron chi connectivity index (χ1n) is 8.60. The van der Waals surface area contributed by atoms with Crippen molar-refractivity contribution >= 4 is 45.2 Å². The van der Waals surface area contributed by atoms with Gasteiger partial charge in [0.15, 0.2) is 0 Å². The highest BCUT2D eigenvalue weighted by atomic mass is 79.9. The quantitative estimate of drug-likeness (QED) is 0.422. The molecule has 0 unspecified atom stereocenters. The lowest BCUT2D eigenvalue weighted by molar-refractivity contribution is -0.112. The molecule has 0 aliphatic carbocycles. The zero-order chi connectivity index (χ0) is 21.6. The Morgan fingerprint density at radius 3 is 2.45 bits per heavy atom. The van der Waals surface area contributed by atoms with Crippen LogP contribution in [0.25, 0.3) is 6.08 Å². The molecule has 0 bridgehead atoms. The maximum absolute atomic E-state index is 12.7. The van der Waals surface area contributed by atoms with Gasteiger partial charge in [0.1, 0.15) is 28.9 Å². The zero-order valence-electron chi connectivity index (χ0n) is 16.4. The maximum atomic E-state index is 12.7. The number of nitrogens with one attached hydrogen (secondary N) is 1. The van der Waals surface area contributed by atoms with Gasteiger partial charge in [-0.3, -0.25) is 4.79 Å². The first kappa shape index (κ1) is 22.6. The van der Waals surface area contributed by atoms with Crippen LogP contribution >= 0.6 is 27.5 Å². The van der Waals surface area contributed by atoms with Gasteiger partial charge in [0.25, 0.3) is 5.91 Å². The molecule has 8 heteroatoms. The van der Waals surface area contributed by atoms with Crippen molar-refractivity contribution < 1.29 is 19.0 Å². The lowest BCUT2D eigenvalue weighted by Crippen LogP contribution is -2.14.